The standard InChI is InChI=1S/C22H21ClN2O3/c23-18-10-8-15(9-11-18)13-24-22(28)20(14-26)25-21(27)12-17-6-3-5-16-4-1-2-7-19(16)17/h1-11,20,26H,12-14H2,(H,24,28)(H,25,27)/t20-/m0/s1. The third-order valence-electron chi connectivity index (χ3n) is 4.45. The second kappa shape index (κ2) is 9.35. The molecular formula is C22H21ClN2O3. The summed E-state index contributed by atoms with van der Waals surface area (Å²) in [4.78, 5) is 24.7. The van der Waals surface area contributed by atoms with Gasteiger partial charge < -0.3 is 15.7 Å². The molecule has 0 bridgehead atoms. The average molecular weight is 397 g/mol. The van der Waals surface area contributed by atoms with E-state index in [-0.39, 0.29) is 18.9 Å². The number of halogens is 1. The molecule has 3 aromatic rings. The molecule has 0 aliphatic rings. The zero-order valence-corrected chi connectivity index (χ0v) is 15.9. The number of aliphatic hydroxyl groups excluding tert-OH is 1. The third-order valence-corrected chi connectivity index (χ3v) is 4.70. The zero-order valence-electron chi connectivity index (χ0n) is 15.2. The number of nitrogens with one attached hydrogen (secondary N) is 2. The molecule has 144 valence electrons. The van der Waals surface area contributed by atoms with E-state index in [9.17, 15) is 14.7 Å². The quantitative estimate of drug-likeness (QED) is 0.574. The van der Waals surface area contributed by atoms with Crippen LogP contribution in [0.4, 0.5) is 0 Å². The van der Waals surface area contributed by atoms with E-state index in [2.05, 4.69) is 10.6 Å². The number of carbonyl (C=O) groups is 2. The van der Waals surface area contributed by atoms with Crippen molar-refractivity contribution in [1.82, 2.24) is 10.6 Å². The lowest BCUT2D eigenvalue weighted by molar-refractivity contribution is -0.129. The van der Waals surface area contributed by atoms with Crippen LogP contribution in [-0.4, -0.2) is 29.6 Å². The molecule has 5 nitrogen and oxygen atoms in total. The summed E-state index contributed by atoms with van der Waals surface area (Å²) in [6.45, 7) is -0.195. The molecule has 0 aromatic heterocycles. The van der Waals surface area contributed by atoms with Crippen molar-refractivity contribution in [3.8, 4) is 0 Å². The van der Waals surface area contributed by atoms with E-state index in [0.717, 1.165) is 21.9 Å². The predicted octanol–water partition coefficient (Wildman–Crippen LogP) is 2.83. The summed E-state index contributed by atoms with van der Waals surface area (Å²) in [7, 11) is 0. The fourth-order valence-electron chi connectivity index (χ4n) is 2.97. The first kappa shape index (κ1) is 19.9. The summed E-state index contributed by atoms with van der Waals surface area (Å²) in [6, 6.07) is 19.6. The Bertz CT molecular complexity index is 968. The third kappa shape index (κ3) is 5.09. The summed E-state index contributed by atoms with van der Waals surface area (Å²) in [6.07, 6.45) is 0.127. The highest BCUT2D eigenvalue weighted by Gasteiger charge is 2.20. The molecule has 0 spiro atoms. The summed E-state index contributed by atoms with van der Waals surface area (Å²) in [5.74, 6) is -0.763. The van der Waals surface area contributed by atoms with Gasteiger partial charge in [0.25, 0.3) is 0 Å². The number of rotatable bonds is 7. The Morgan fingerprint density at radius 1 is 0.964 bits per heavy atom. The second-order valence-corrected chi connectivity index (χ2v) is 6.90. The molecule has 0 heterocycles. The van der Waals surface area contributed by atoms with Gasteiger partial charge in [-0.05, 0) is 34.0 Å². The summed E-state index contributed by atoms with van der Waals surface area (Å²) in [5, 5.41) is 17.5. The minimum atomic E-state index is -1.00. The molecule has 6 heteroatoms. The van der Waals surface area contributed by atoms with Crippen LogP contribution in [0.25, 0.3) is 10.8 Å². The van der Waals surface area contributed by atoms with Gasteiger partial charge in [-0.1, -0.05) is 66.2 Å². The number of hydrogen-bond acceptors (Lipinski definition) is 3. The van der Waals surface area contributed by atoms with Crippen molar-refractivity contribution < 1.29 is 14.7 Å². The molecule has 0 aliphatic heterocycles. The van der Waals surface area contributed by atoms with Gasteiger partial charge in [0.1, 0.15) is 6.04 Å². The Morgan fingerprint density at radius 3 is 2.43 bits per heavy atom. The molecule has 0 fully saturated rings. The molecule has 0 aliphatic carbocycles. The maximum Gasteiger partial charge on any atom is 0.245 e. The maximum atomic E-state index is 12.4. The minimum absolute atomic E-state index is 0.127. The molecule has 3 N–H and O–H groups in total. The summed E-state index contributed by atoms with van der Waals surface area (Å²) in [5.41, 5.74) is 1.74. The molecule has 0 unspecified atom stereocenters. The Labute approximate surface area is 168 Å². The number of carbonyl (C=O) groups excluding carboxylic acids is 2. The Kier molecular flexibility index (Phi) is 6.63. The highest BCUT2D eigenvalue weighted by Crippen LogP contribution is 2.18. The number of benzene rings is 3. The van der Waals surface area contributed by atoms with Crippen molar-refractivity contribution in [3.63, 3.8) is 0 Å². The van der Waals surface area contributed by atoms with E-state index in [4.69, 9.17) is 11.6 Å². The van der Waals surface area contributed by atoms with E-state index in [1.165, 1.54) is 0 Å². The van der Waals surface area contributed by atoms with Crippen molar-refractivity contribution in [2.75, 3.05) is 6.61 Å². The van der Waals surface area contributed by atoms with Crippen LogP contribution in [0.1, 0.15) is 11.1 Å². The topological polar surface area (TPSA) is 78.4 Å². The molecule has 0 saturated heterocycles. The van der Waals surface area contributed by atoms with Gasteiger partial charge in [0.2, 0.25) is 11.8 Å². The maximum absolute atomic E-state index is 12.4. The van der Waals surface area contributed by atoms with Crippen LogP contribution >= 0.6 is 11.6 Å². The molecule has 2 amide bonds. The molecule has 0 radical (unpaired) electrons. The van der Waals surface area contributed by atoms with E-state index in [1.54, 1.807) is 24.3 Å². The van der Waals surface area contributed by atoms with Crippen molar-refractivity contribution in [3.05, 3.63) is 82.9 Å². The van der Waals surface area contributed by atoms with Gasteiger partial charge in [-0.15, -0.1) is 0 Å². The smallest absolute Gasteiger partial charge is 0.245 e. The fourth-order valence-corrected chi connectivity index (χ4v) is 3.10. The van der Waals surface area contributed by atoms with Crippen molar-refractivity contribution >= 4 is 34.2 Å². The van der Waals surface area contributed by atoms with Crippen LogP contribution in [-0.2, 0) is 22.6 Å². The van der Waals surface area contributed by atoms with Crippen LogP contribution in [0, 0.1) is 0 Å². The molecular weight excluding hydrogens is 376 g/mol. The highest BCUT2D eigenvalue weighted by atomic mass is 35.5. The van der Waals surface area contributed by atoms with Crippen LogP contribution in [0.3, 0.4) is 0 Å². The largest absolute Gasteiger partial charge is 0.394 e. The van der Waals surface area contributed by atoms with Gasteiger partial charge in [-0.2, -0.15) is 0 Å². The number of hydrogen-bond donors (Lipinski definition) is 3. The number of aliphatic hydroxyl groups is 1. The van der Waals surface area contributed by atoms with Gasteiger partial charge in [-0.3, -0.25) is 9.59 Å². The summed E-state index contributed by atoms with van der Waals surface area (Å²) >= 11 is 5.84. The lowest BCUT2D eigenvalue weighted by atomic mass is 10.0. The van der Waals surface area contributed by atoms with Crippen LogP contribution in [0.2, 0.25) is 5.02 Å². The Hall–Kier alpha value is -2.89. The zero-order chi connectivity index (χ0) is 19.9. The van der Waals surface area contributed by atoms with E-state index in [0.29, 0.717) is 5.02 Å². The number of amides is 2. The average Bonchev–Trinajstić information content (AvgIpc) is 2.71. The van der Waals surface area contributed by atoms with Crippen molar-refractivity contribution in [2.45, 2.75) is 19.0 Å². The first-order chi connectivity index (χ1) is 13.6. The first-order valence-corrected chi connectivity index (χ1v) is 9.33. The normalized spacial score (nSPS) is 11.8. The molecule has 28 heavy (non-hydrogen) atoms. The minimum Gasteiger partial charge on any atom is -0.394 e. The lowest BCUT2D eigenvalue weighted by Gasteiger charge is -2.17. The van der Waals surface area contributed by atoms with E-state index in [1.807, 2.05) is 42.5 Å². The molecule has 3 rings (SSSR count). The Balaban J connectivity index is 1.59. The van der Waals surface area contributed by atoms with Gasteiger partial charge >= 0.3 is 0 Å². The van der Waals surface area contributed by atoms with Gasteiger partial charge in [0, 0.05) is 11.6 Å². The van der Waals surface area contributed by atoms with Crippen LogP contribution < -0.4 is 10.6 Å². The number of fused-ring (bicyclic) bond motifs is 1. The lowest BCUT2D eigenvalue weighted by Crippen LogP contribution is -2.49. The van der Waals surface area contributed by atoms with Gasteiger partial charge in [0.15, 0.2) is 0 Å². The SMILES string of the molecule is O=C(Cc1cccc2ccccc12)N[C@@H](CO)C(=O)NCc1ccc(Cl)cc1. The second-order valence-electron chi connectivity index (χ2n) is 6.46. The first-order valence-electron chi connectivity index (χ1n) is 8.96. The fraction of sp³-hybridized carbons (Fsp3) is 0.182. The summed E-state index contributed by atoms with van der Waals surface area (Å²) < 4.78 is 0. The molecule has 3 aromatic carbocycles. The van der Waals surface area contributed by atoms with E-state index < -0.39 is 18.6 Å². The van der Waals surface area contributed by atoms with Crippen molar-refractivity contribution in [1.29, 1.82) is 0 Å². The molecule has 1 atom stereocenters. The van der Waals surface area contributed by atoms with Crippen LogP contribution in [0.5, 0.6) is 0 Å². The Morgan fingerprint density at radius 2 is 1.68 bits per heavy atom. The molecule has 0 saturated carbocycles. The van der Waals surface area contributed by atoms with E-state index >= 15 is 0 Å². The predicted molar refractivity (Wildman–Crippen MR) is 110 cm³/mol. The monoisotopic (exact) mass is 396 g/mol. The van der Waals surface area contributed by atoms with Crippen LogP contribution in [0.15, 0.2) is 66.7 Å². The van der Waals surface area contributed by atoms with Crippen molar-refractivity contribution in [2.24, 2.45) is 0 Å². The van der Waals surface area contributed by atoms with Gasteiger partial charge in [0.05, 0.1) is 13.0 Å². The van der Waals surface area contributed by atoms with Gasteiger partial charge in [-0.25, -0.2) is 0 Å². The highest BCUT2D eigenvalue weighted by molar-refractivity contribution is 6.30.